The fraction of sp³-hybridized carbons (Fsp3) is 0.368. The van der Waals surface area contributed by atoms with E-state index in [-0.39, 0.29) is 11.5 Å². The molecule has 0 radical (unpaired) electrons. The molecule has 0 N–H and O–H groups in total. The molecule has 0 saturated heterocycles. The van der Waals surface area contributed by atoms with Gasteiger partial charge >= 0.3 is 10.1 Å². The van der Waals surface area contributed by atoms with Gasteiger partial charge in [0.15, 0.2) is 5.76 Å². The molecule has 27 heavy (non-hydrogen) atoms. The van der Waals surface area contributed by atoms with Crippen molar-refractivity contribution < 1.29 is 17.0 Å². The molecule has 142 valence electrons. The topological polar surface area (TPSA) is 85.9 Å². The van der Waals surface area contributed by atoms with E-state index in [0.29, 0.717) is 11.4 Å². The number of para-hydroxylation sites is 1. The number of nitrogens with zero attached hydrogens (tertiary/aromatic N) is 1. The summed E-state index contributed by atoms with van der Waals surface area (Å²) in [7, 11) is -3.87. The van der Waals surface area contributed by atoms with Gasteiger partial charge in [-0.2, -0.15) is 8.42 Å². The molecule has 8 heteroatoms. The van der Waals surface area contributed by atoms with E-state index in [0.717, 1.165) is 55.0 Å². The molecule has 2 aliphatic rings. The molecule has 6 nitrogen and oxygen atoms in total. The fourth-order valence-corrected chi connectivity index (χ4v) is 4.77. The Labute approximate surface area is 162 Å². The Bertz CT molecular complexity index is 1110. The van der Waals surface area contributed by atoms with Crippen LogP contribution in [0.25, 0.3) is 0 Å². The van der Waals surface area contributed by atoms with Gasteiger partial charge in [0.1, 0.15) is 0 Å². The molecular formula is C19H18ClNO5S. The van der Waals surface area contributed by atoms with Crippen LogP contribution < -0.4 is 9.61 Å². The van der Waals surface area contributed by atoms with Crippen LogP contribution >= 0.6 is 11.6 Å². The third-order valence-electron chi connectivity index (χ3n) is 5.17. The second-order valence-electron chi connectivity index (χ2n) is 6.99. The fourth-order valence-electron chi connectivity index (χ4n) is 4.07. The first-order valence-corrected chi connectivity index (χ1v) is 10.9. The van der Waals surface area contributed by atoms with Crippen LogP contribution in [-0.2, 0) is 22.0 Å². The van der Waals surface area contributed by atoms with Crippen LogP contribution in [-0.4, -0.2) is 20.4 Å². The molecule has 1 aromatic heterocycles. The predicted octanol–water partition coefficient (Wildman–Crippen LogP) is 3.77. The van der Waals surface area contributed by atoms with Crippen molar-refractivity contribution in [3.05, 3.63) is 57.1 Å². The predicted molar refractivity (Wildman–Crippen MR) is 103 cm³/mol. The normalized spacial score (nSPS) is 21.3. The van der Waals surface area contributed by atoms with Crippen molar-refractivity contribution in [2.24, 2.45) is 4.99 Å². The highest BCUT2D eigenvalue weighted by molar-refractivity contribution is 7.86. The van der Waals surface area contributed by atoms with Gasteiger partial charge in [0.05, 0.1) is 23.2 Å². The van der Waals surface area contributed by atoms with Gasteiger partial charge in [-0.3, -0.25) is 9.79 Å². The molecular weight excluding hydrogens is 390 g/mol. The quantitative estimate of drug-likeness (QED) is 0.720. The summed E-state index contributed by atoms with van der Waals surface area (Å²) in [5.74, 6) is -0.0786. The largest absolute Gasteiger partial charge is 0.465 e. The molecule has 1 aliphatic carbocycles. The van der Waals surface area contributed by atoms with E-state index in [1.807, 2.05) is 12.1 Å². The van der Waals surface area contributed by atoms with E-state index in [1.165, 1.54) is 6.26 Å². The Balaban J connectivity index is 1.85. The summed E-state index contributed by atoms with van der Waals surface area (Å²) in [6.45, 7) is 0. The second kappa shape index (κ2) is 6.49. The number of hydrogen-bond donors (Lipinski definition) is 0. The van der Waals surface area contributed by atoms with Gasteiger partial charge in [-0.05, 0) is 30.9 Å². The van der Waals surface area contributed by atoms with Crippen LogP contribution in [0.15, 0.2) is 44.7 Å². The van der Waals surface area contributed by atoms with E-state index in [1.54, 1.807) is 6.07 Å². The second-order valence-corrected chi connectivity index (χ2v) is 8.97. The minimum atomic E-state index is -3.87. The number of hydrogen-bond acceptors (Lipinski definition) is 6. The molecule has 1 fully saturated rings. The number of aliphatic imine (C=N–C) groups is 1. The van der Waals surface area contributed by atoms with Gasteiger partial charge in [0.2, 0.25) is 11.2 Å². The van der Waals surface area contributed by atoms with Gasteiger partial charge < -0.3 is 8.60 Å². The van der Waals surface area contributed by atoms with Gasteiger partial charge in [-0.15, -0.1) is 0 Å². The zero-order valence-electron chi connectivity index (χ0n) is 14.7. The first kappa shape index (κ1) is 18.3. The van der Waals surface area contributed by atoms with Crippen molar-refractivity contribution in [3.8, 4) is 5.75 Å². The minimum Gasteiger partial charge on any atom is -0.465 e. The SMILES string of the molecule is CS(=O)(=O)Oc1c(C[C@@]23CCCCC2=Nc2c(Cl)cccc23)occc1=O. The number of rotatable bonds is 4. The molecule has 2 heterocycles. The molecule has 2 aromatic rings. The average molecular weight is 408 g/mol. The number of fused-ring (bicyclic) bond motifs is 3. The summed E-state index contributed by atoms with van der Waals surface area (Å²) in [5, 5.41) is 0.580. The number of benzene rings is 1. The lowest BCUT2D eigenvalue weighted by molar-refractivity contribution is 0.380. The van der Waals surface area contributed by atoms with Gasteiger partial charge in [-0.25, -0.2) is 0 Å². The zero-order chi connectivity index (χ0) is 19.2. The maximum atomic E-state index is 12.2. The highest BCUT2D eigenvalue weighted by atomic mass is 35.5. The van der Waals surface area contributed by atoms with Crippen molar-refractivity contribution >= 4 is 33.1 Å². The Hall–Kier alpha value is -2.12. The van der Waals surface area contributed by atoms with E-state index < -0.39 is 21.0 Å². The molecule has 1 aliphatic heterocycles. The summed E-state index contributed by atoms with van der Waals surface area (Å²) in [6, 6.07) is 6.82. The molecule has 1 aromatic carbocycles. The van der Waals surface area contributed by atoms with Crippen molar-refractivity contribution in [1.29, 1.82) is 0 Å². The van der Waals surface area contributed by atoms with Crippen LogP contribution in [0.3, 0.4) is 0 Å². The Morgan fingerprint density at radius 1 is 1.30 bits per heavy atom. The van der Waals surface area contributed by atoms with Crippen molar-refractivity contribution in [2.75, 3.05) is 6.26 Å². The van der Waals surface area contributed by atoms with Crippen LogP contribution in [0.4, 0.5) is 5.69 Å². The lowest BCUT2D eigenvalue weighted by atomic mass is 9.66. The first-order chi connectivity index (χ1) is 12.8. The molecule has 1 atom stereocenters. The van der Waals surface area contributed by atoms with Crippen molar-refractivity contribution in [2.45, 2.75) is 37.5 Å². The summed E-state index contributed by atoms with van der Waals surface area (Å²) < 4.78 is 33.8. The summed E-state index contributed by atoms with van der Waals surface area (Å²) in [5.41, 5.74) is 1.73. The first-order valence-electron chi connectivity index (χ1n) is 8.67. The molecule has 4 rings (SSSR count). The average Bonchev–Trinajstić information content (AvgIpc) is 2.93. The monoisotopic (exact) mass is 407 g/mol. The van der Waals surface area contributed by atoms with E-state index >= 15 is 0 Å². The molecule has 1 saturated carbocycles. The summed E-state index contributed by atoms with van der Waals surface area (Å²) in [4.78, 5) is 17.0. The van der Waals surface area contributed by atoms with Crippen LogP contribution in [0, 0.1) is 0 Å². The highest BCUT2D eigenvalue weighted by Gasteiger charge is 2.46. The Morgan fingerprint density at radius 3 is 2.89 bits per heavy atom. The van der Waals surface area contributed by atoms with Crippen molar-refractivity contribution in [1.82, 2.24) is 0 Å². The molecule has 0 unspecified atom stereocenters. The lowest BCUT2D eigenvalue weighted by Gasteiger charge is -2.35. The maximum Gasteiger partial charge on any atom is 0.306 e. The molecule has 0 spiro atoms. The molecule has 0 bridgehead atoms. The van der Waals surface area contributed by atoms with Crippen LogP contribution in [0.5, 0.6) is 5.75 Å². The summed E-state index contributed by atoms with van der Waals surface area (Å²) in [6.07, 6.45) is 6.11. The number of halogens is 1. The van der Waals surface area contributed by atoms with E-state index in [9.17, 15) is 13.2 Å². The third-order valence-corrected chi connectivity index (χ3v) is 5.95. The van der Waals surface area contributed by atoms with Crippen molar-refractivity contribution in [3.63, 3.8) is 0 Å². The maximum absolute atomic E-state index is 12.2. The lowest BCUT2D eigenvalue weighted by Crippen LogP contribution is -2.38. The Kier molecular flexibility index (Phi) is 4.39. The van der Waals surface area contributed by atoms with Gasteiger partial charge in [0, 0.05) is 23.6 Å². The zero-order valence-corrected chi connectivity index (χ0v) is 16.3. The third kappa shape index (κ3) is 3.19. The van der Waals surface area contributed by atoms with Crippen LogP contribution in [0.2, 0.25) is 5.02 Å². The highest BCUT2D eigenvalue weighted by Crippen LogP contribution is 2.51. The smallest absolute Gasteiger partial charge is 0.306 e. The summed E-state index contributed by atoms with van der Waals surface area (Å²) >= 11 is 6.36. The van der Waals surface area contributed by atoms with Gasteiger partial charge in [-0.1, -0.05) is 30.2 Å². The van der Waals surface area contributed by atoms with Crippen LogP contribution in [0.1, 0.15) is 37.0 Å². The van der Waals surface area contributed by atoms with Gasteiger partial charge in [0.25, 0.3) is 0 Å². The standard InChI is InChI=1S/C19H18ClNO5S/c1-27(23,24)26-18-14(22)8-10-25-15(18)11-19-9-3-2-7-16(19)21-17-12(19)5-4-6-13(17)20/h4-6,8,10H,2-3,7,9,11H2,1H3/t19-/m1/s1. The minimum absolute atomic E-state index is 0.204. The van der Waals surface area contributed by atoms with E-state index in [4.69, 9.17) is 25.2 Å². The molecule has 0 amide bonds. The van der Waals surface area contributed by atoms with E-state index in [2.05, 4.69) is 0 Å². The Morgan fingerprint density at radius 2 is 2.11 bits per heavy atom.